The molecular weight excluding hydrogens is 434 g/mol. The molecular formula is C22H24BrN3O3. The number of carbonyl (C=O) groups excluding carboxylic acids is 2. The van der Waals surface area contributed by atoms with Crippen LogP contribution in [0.4, 0.5) is 0 Å². The number of amides is 2. The summed E-state index contributed by atoms with van der Waals surface area (Å²) < 4.78 is 6.64. The van der Waals surface area contributed by atoms with E-state index in [4.69, 9.17) is 4.74 Å². The van der Waals surface area contributed by atoms with E-state index in [1.165, 1.54) is 0 Å². The minimum atomic E-state index is -0.329. The van der Waals surface area contributed by atoms with Crippen LogP contribution in [-0.2, 0) is 9.59 Å². The lowest BCUT2D eigenvalue weighted by Gasteiger charge is -2.15. The molecule has 0 spiro atoms. The van der Waals surface area contributed by atoms with E-state index in [0.29, 0.717) is 18.7 Å². The van der Waals surface area contributed by atoms with Crippen LogP contribution in [0, 0.1) is 0 Å². The van der Waals surface area contributed by atoms with Crippen molar-refractivity contribution in [3.8, 4) is 5.75 Å². The Morgan fingerprint density at radius 2 is 2.07 bits per heavy atom. The van der Waals surface area contributed by atoms with E-state index in [9.17, 15) is 9.59 Å². The molecule has 1 N–H and O–H groups in total. The van der Waals surface area contributed by atoms with E-state index in [-0.39, 0.29) is 30.4 Å². The summed E-state index contributed by atoms with van der Waals surface area (Å²) in [5.74, 6) is 0.460. The minimum Gasteiger partial charge on any atom is -0.490 e. The molecule has 152 valence electrons. The lowest BCUT2D eigenvalue weighted by atomic mass is 9.99. The van der Waals surface area contributed by atoms with E-state index in [2.05, 4.69) is 26.5 Å². The molecule has 29 heavy (non-hydrogen) atoms. The number of carbonyl (C=O) groups is 2. The fourth-order valence-electron chi connectivity index (χ4n) is 3.24. The average Bonchev–Trinajstić information content (AvgIpc) is 3.04. The molecule has 0 aliphatic carbocycles. The van der Waals surface area contributed by atoms with Gasteiger partial charge < -0.3 is 9.64 Å². The van der Waals surface area contributed by atoms with E-state index < -0.39 is 0 Å². The van der Waals surface area contributed by atoms with Crippen LogP contribution in [0.2, 0.25) is 0 Å². The molecule has 2 amide bonds. The van der Waals surface area contributed by atoms with E-state index in [0.717, 1.165) is 15.6 Å². The number of benzene rings is 2. The molecule has 1 aliphatic heterocycles. The highest BCUT2D eigenvalue weighted by molar-refractivity contribution is 9.10. The highest BCUT2D eigenvalue weighted by atomic mass is 79.9. The smallest absolute Gasteiger partial charge is 0.259 e. The van der Waals surface area contributed by atoms with Crippen LogP contribution in [0.5, 0.6) is 5.75 Å². The van der Waals surface area contributed by atoms with Gasteiger partial charge in [0.1, 0.15) is 12.3 Å². The van der Waals surface area contributed by atoms with Gasteiger partial charge in [0.25, 0.3) is 5.91 Å². The zero-order valence-electron chi connectivity index (χ0n) is 16.5. The molecule has 1 atom stereocenters. The van der Waals surface area contributed by atoms with Crippen LogP contribution >= 0.6 is 15.9 Å². The molecule has 0 saturated carbocycles. The summed E-state index contributed by atoms with van der Waals surface area (Å²) >= 11 is 3.42. The maximum Gasteiger partial charge on any atom is 0.259 e. The van der Waals surface area contributed by atoms with Crippen molar-refractivity contribution in [1.29, 1.82) is 0 Å². The fourth-order valence-corrected chi connectivity index (χ4v) is 3.62. The summed E-state index contributed by atoms with van der Waals surface area (Å²) in [5, 5.41) is 4.03. The first-order valence-electron chi connectivity index (χ1n) is 9.53. The number of nitrogens with one attached hydrogen (secondary N) is 1. The lowest BCUT2D eigenvalue weighted by molar-refractivity contribution is -0.133. The van der Waals surface area contributed by atoms with Gasteiger partial charge in [0.15, 0.2) is 0 Å². The van der Waals surface area contributed by atoms with Gasteiger partial charge in [-0.2, -0.15) is 5.10 Å². The summed E-state index contributed by atoms with van der Waals surface area (Å²) in [6, 6.07) is 15.5. The molecule has 7 heteroatoms. The van der Waals surface area contributed by atoms with Gasteiger partial charge in [-0.1, -0.05) is 46.3 Å². The predicted octanol–water partition coefficient (Wildman–Crippen LogP) is 3.70. The van der Waals surface area contributed by atoms with Crippen molar-refractivity contribution in [2.24, 2.45) is 5.10 Å². The number of ether oxygens (including phenoxy) is 1. The summed E-state index contributed by atoms with van der Waals surface area (Å²) in [4.78, 5) is 26.1. The Morgan fingerprint density at radius 3 is 2.79 bits per heavy atom. The summed E-state index contributed by atoms with van der Waals surface area (Å²) in [6.45, 7) is 4.42. The monoisotopic (exact) mass is 457 g/mol. The summed E-state index contributed by atoms with van der Waals surface area (Å²) in [6.07, 6.45) is 1.99. The third-order valence-corrected chi connectivity index (χ3v) is 5.04. The molecule has 3 rings (SSSR count). The second-order valence-electron chi connectivity index (χ2n) is 7.23. The van der Waals surface area contributed by atoms with Crippen molar-refractivity contribution in [2.45, 2.75) is 32.3 Å². The SMILES string of the molecule is CC(C)Oc1ccc(Br)cc1C=NNC(=O)CN1CC(c2ccccc2)CC1=O. The molecule has 1 fully saturated rings. The molecule has 1 aliphatic rings. The summed E-state index contributed by atoms with van der Waals surface area (Å²) in [7, 11) is 0. The van der Waals surface area contributed by atoms with Crippen molar-refractivity contribution < 1.29 is 14.3 Å². The van der Waals surface area contributed by atoms with E-state index >= 15 is 0 Å². The molecule has 0 radical (unpaired) electrons. The van der Waals surface area contributed by atoms with Gasteiger partial charge in [-0.3, -0.25) is 9.59 Å². The van der Waals surface area contributed by atoms with Crippen LogP contribution < -0.4 is 10.2 Å². The number of halogens is 1. The molecule has 2 aromatic carbocycles. The van der Waals surface area contributed by atoms with Crippen LogP contribution in [-0.4, -0.2) is 42.1 Å². The Hall–Kier alpha value is -2.67. The number of hydrogen-bond donors (Lipinski definition) is 1. The first-order valence-corrected chi connectivity index (χ1v) is 10.3. The number of hydrogen-bond acceptors (Lipinski definition) is 4. The Balaban J connectivity index is 1.56. The van der Waals surface area contributed by atoms with Gasteiger partial charge in [0, 0.05) is 28.9 Å². The number of hydrazone groups is 1. The van der Waals surface area contributed by atoms with Crippen LogP contribution in [0.15, 0.2) is 58.1 Å². The van der Waals surface area contributed by atoms with Crippen molar-refractivity contribution in [3.05, 3.63) is 64.1 Å². The number of rotatable bonds is 7. The highest BCUT2D eigenvalue weighted by Gasteiger charge is 2.31. The molecule has 6 nitrogen and oxygen atoms in total. The van der Waals surface area contributed by atoms with Gasteiger partial charge in [-0.15, -0.1) is 0 Å². The average molecular weight is 458 g/mol. The topological polar surface area (TPSA) is 71.0 Å². The van der Waals surface area contributed by atoms with E-state index in [1.807, 2.05) is 62.4 Å². The molecule has 2 aromatic rings. The van der Waals surface area contributed by atoms with Crippen LogP contribution in [0.1, 0.15) is 37.3 Å². The van der Waals surface area contributed by atoms with Crippen LogP contribution in [0.3, 0.4) is 0 Å². The van der Waals surface area contributed by atoms with Gasteiger partial charge in [0.05, 0.1) is 12.3 Å². The lowest BCUT2D eigenvalue weighted by Crippen LogP contribution is -2.36. The molecule has 1 heterocycles. The zero-order chi connectivity index (χ0) is 20.8. The third-order valence-electron chi connectivity index (χ3n) is 4.55. The first-order chi connectivity index (χ1) is 13.9. The number of nitrogens with zero attached hydrogens (tertiary/aromatic N) is 2. The normalized spacial score (nSPS) is 16.6. The summed E-state index contributed by atoms with van der Waals surface area (Å²) in [5.41, 5.74) is 4.36. The predicted molar refractivity (Wildman–Crippen MR) is 116 cm³/mol. The number of likely N-dealkylation sites (tertiary alicyclic amines) is 1. The standard InChI is InChI=1S/C22H24BrN3O3/c1-15(2)29-20-9-8-19(23)10-17(20)12-24-25-21(27)14-26-13-18(11-22(26)28)16-6-4-3-5-7-16/h3-10,12,15,18H,11,13-14H2,1-2H3,(H,25,27). The Morgan fingerprint density at radius 1 is 1.31 bits per heavy atom. The van der Waals surface area contributed by atoms with Crippen molar-refractivity contribution in [3.63, 3.8) is 0 Å². The minimum absolute atomic E-state index is 0.00660. The quantitative estimate of drug-likeness (QED) is 0.508. The third kappa shape index (κ3) is 5.90. The highest BCUT2D eigenvalue weighted by Crippen LogP contribution is 2.27. The molecule has 0 aromatic heterocycles. The largest absolute Gasteiger partial charge is 0.490 e. The van der Waals surface area contributed by atoms with E-state index in [1.54, 1.807) is 11.1 Å². The van der Waals surface area contributed by atoms with Gasteiger partial charge in [-0.25, -0.2) is 5.43 Å². The second-order valence-corrected chi connectivity index (χ2v) is 8.14. The Kier molecular flexibility index (Phi) is 7.04. The first kappa shape index (κ1) is 21.0. The van der Waals surface area contributed by atoms with Crippen molar-refractivity contribution in [2.75, 3.05) is 13.1 Å². The van der Waals surface area contributed by atoms with Gasteiger partial charge in [-0.05, 0) is 37.6 Å². The van der Waals surface area contributed by atoms with Crippen LogP contribution in [0.25, 0.3) is 0 Å². The van der Waals surface area contributed by atoms with Gasteiger partial charge >= 0.3 is 0 Å². The molecule has 1 saturated heterocycles. The second kappa shape index (κ2) is 9.69. The fraction of sp³-hybridized carbons (Fsp3) is 0.318. The van der Waals surface area contributed by atoms with Crippen molar-refractivity contribution >= 4 is 34.0 Å². The van der Waals surface area contributed by atoms with Gasteiger partial charge in [0.2, 0.25) is 5.91 Å². The Bertz CT molecular complexity index is 899. The zero-order valence-corrected chi connectivity index (χ0v) is 18.1. The maximum atomic E-state index is 12.3. The Labute approximate surface area is 179 Å². The van der Waals surface area contributed by atoms with Crippen molar-refractivity contribution in [1.82, 2.24) is 10.3 Å². The molecule has 1 unspecified atom stereocenters. The maximum absolute atomic E-state index is 12.3. The molecule has 0 bridgehead atoms.